The highest BCUT2D eigenvalue weighted by Gasteiger charge is 2.32. The summed E-state index contributed by atoms with van der Waals surface area (Å²) < 4.78 is 5.41. The Bertz CT molecular complexity index is 739. The third kappa shape index (κ3) is 3.27. The molecule has 0 bridgehead atoms. The lowest BCUT2D eigenvalue weighted by molar-refractivity contribution is -0.123. The Morgan fingerprint density at radius 1 is 1.43 bits per heavy atom. The maximum atomic E-state index is 12.5. The van der Waals surface area contributed by atoms with Crippen molar-refractivity contribution in [2.75, 3.05) is 13.2 Å². The summed E-state index contributed by atoms with van der Waals surface area (Å²) in [5, 5.41) is 13.3. The van der Waals surface area contributed by atoms with Crippen LogP contribution in [0.5, 0.6) is 5.88 Å². The minimum absolute atomic E-state index is 0.227. The van der Waals surface area contributed by atoms with E-state index < -0.39 is 12.0 Å². The molecule has 5 nitrogen and oxygen atoms in total. The van der Waals surface area contributed by atoms with Crippen LogP contribution in [0, 0.1) is 0 Å². The van der Waals surface area contributed by atoms with Gasteiger partial charge < -0.3 is 15.2 Å². The molecular formula is C16H14Cl2N2O3. The second-order valence-corrected chi connectivity index (χ2v) is 6.01. The topological polar surface area (TPSA) is 71.5 Å². The second kappa shape index (κ2) is 6.74. The maximum Gasteiger partial charge on any atom is 0.231 e. The molecule has 1 aromatic carbocycles. The number of pyridine rings is 1. The molecule has 0 saturated carbocycles. The zero-order chi connectivity index (χ0) is 16.4. The number of benzene rings is 1. The number of hydrogen-bond donors (Lipinski definition) is 2. The van der Waals surface area contributed by atoms with E-state index in [4.69, 9.17) is 27.9 Å². The normalized spacial score (nSPS) is 17.3. The molecule has 2 aromatic rings. The first kappa shape index (κ1) is 16.1. The van der Waals surface area contributed by atoms with Gasteiger partial charge in [-0.3, -0.25) is 4.79 Å². The fourth-order valence-electron chi connectivity index (χ4n) is 2.54. The molecule has 0 saturated heterocycles. The van der Waals surface area contributed by atoms with Crippen LogP contribution >= 0.6 is 23.2 Å². The molecule has 0 fully saturated rings. The molecule has 2 atom stereocenters. The zero-order valence-electron chi connectivity index (χ0n) is 12.0. The highest BCUT2D eigenvalue weighted by atomic mass is 35.5. The summed E-state index contributed by atoms with van der Waals surface area (Å²) in [5.41, 5.74) is 1.35. The number of nitrogens with one attached hydrogen (secondary N) is 1. The van der Waals surface area contributed by atoms with E-state index in [0.717, 1.165) is 5.56 Å². The molecule has 1 aliphatic heterocycles. The molecule has 0 unspecified atom stereocenters. The summed E-state index contributed by atoms with van der Waals surface area (Å²) in [4.78, 5) is 16.6. The van der Waals surface area contributed by atoms with Crippen LogP contribution in [0.2, 0.25) is 10.0 Å². The van der Waals surface area contributed by atoms with Crippen molar-refractivity contribution in [2.24, 2.45) is 0 Å². The predicted molar refractivity (Wildman–Crippen MR) is 86.9 cm³/mol. The number of aliphatic hydroxyl groups is 1. The largest absolute Gasteiger partial charge is 0.476 e. The monoisotopic (exact) mass is 352 g/mol. The van der Waals surface area contributed by atoms with E-state index in [-0.39, 0.29) is 19.1 Å². The number of carbonyl (C=O) groups excluding carboxylic acids is 1. The van der Waals surface area contributed by atoms with Crippen LogP contribution in [-0.2, 0) is 4.79 Å². The molecule has 2 heterocycles. The molecule has 0 spiro atoms. The number of hydrogen-bond acceptors (Lipinski definition) is 4. The van der Waals surface area contributed by atoms with Gasteiger partial charge >= 0.3 is 0 Å². The minimum atomic E-state index is -0.618. The first-order valence-corrected chi connectivity index (χ1v) is 7.79. The maximum absolute atomic E-state index is 12.5. The van der Waals surface area contributed by atoms with Crippen molar-refractivity contribution in [3.8, 4) is 5.88 Å². The number of fused-ring (bicyclic) bond motifs is 1. The highest BCUT2D eigenvalue weighted by molar-refractivity contribution is 6.35. The number of aliphatic hydroxyl groups excluding tert-OH is 1. The van der Waals surface area contributed by atoms with E-state index in [1.54, 1.807) is 30.5 Å². The lowest BCUT2D eigenvalue weighted by Gasteiger charge is -2.20. The van der Waals surface area contributed by atoms with Gasteiger partial charge in [-0.05, 0) is 23.8 Å². The summed E-state index contributed by atoms with van der Waals surface area (Å²) in [6.07, 6.45) is 1.61. The second-order valence-electron chi connectivity index (χ2n) is 5.17. The molecule has 1 aromatic heterocycles. The molecule has 1 aliphatic rings. The first-order chi connectivity index (χ1) is 11.1. The van der Waals surface area contributed by atoms with E-state index in [2.05, 4.69) is 10.3 Å². The van der Waals surface area contributed by atoms with E-state index in [9.17, 15) is 9.90 Å². The molecule has 0 aliphatic carbocycles. The van der Waals surface area contributed by atoms with Crippen molar-refractivity contribution >= 4 is 29.1 Å². The van der Waals surface area contributed by atoms with Gasteiger partial charge in [0, 0.05) is 21.8 Å². The van der Waals surface area contributed by atoms with Crippen molar-refractivity contribution in [1.29, 1.82) is 0 Å². The Balaban J connectivity index is 1.79. The summed E-state index contributed by atoms with van der Waals surface area (Å²) in [5.74, 6) is -0.238. The van der Waals surface area contributed by atoms with Gasteiger partial charge in [0.1, 0.15) is 12.5 Å². The average molecular weight is 353 g/mol. The summed E-state index contributed by atoms with van der Waals surface area (Å²) in [6.45, 7) is -0.0504. The van der Waals surface area contributed by atoms with E-state index in [1.807, 2.05) is 6.07 Å². The molecule has 1 amide bonds. The van der Waals surface area contributed by atoms with Gasteiger partial charge in [-0.15, -0.1) is 0 Å². The molecule has 23 heavy (non-hydrogen) atoms. The molecule has 7 heteroatoms. The Morgan fingerprint density at radius 2 is 2.26 bits per heavy atom. The number of rotatable bonds is 4. The van der Waals surface area contributed by atoms with E-state index >= 15 is 0 Å². The molecule has 0 radical (unpaired) electrons. The van der Waals surface area contributed by atoms with Crippen molar-refractivity contribution in [2.45, 2.75) is 12.0 Å². The van der Waals surface area contributed by atoms with E-state index in [0.29, 0.717) is 21.5 Å². The number of amides is 1. The number of nitrogens with zero attached hydrogens (tertiary/aromatic N) is 1. The SMILES string of the molecule is O=C(N[C@H](CO)c1ccc(Cl)cc1Cl)[C@@H]1COc2ncccc21. The van der Waals surface area contributed by atoms with E-state index in [1.165, 1.54) is 0 Å². The van der Waals surface area contributed by atoms with Crippen LogP contribution in [0.4, 0.5) is 0 Å². The summed E-state index contributed by atoms with van der Waals surface area (Å²) in [7, 11) is 0. The fraction of sp³-hybridized carbons (Fsp3) is 0.250. The third-order valence-corrected chi connectivity index (χ3v) is 4.28. The summed E-state index contributed by atoms with van der Waals surface area (Å²) >= 11 is 12.0. The van der Waals surface area contributed by atoms with Gasteiger partial charge in [0.25, 0.3) is 0 Å². The van der Waals surface area contributed by atoms with Gasteiger partial charge in [0.05, 0.1) is 12.6 Å². The Hall–Kier alpha value is -1.82. The minimum Gasteiger partial charge on any atom is -0.476 e. The van der Waals surface area contributed by atoms with Crippen molar-refractivity contribution in [3.05, 3.63) is 57.7 Å². The van der Waals surface area contributed by atoms with Crippen LogP contribution in [0.25, 0.3) is 0 Å². The third-order valence-electron chi connectivity index (χ3n) is 3.72. The number of aromatic nitrogens is 1. The lowest BCUT2D eigenvalue weighted by atomic mass is 10.0. The smallest absolute Gasteiger partial charge is 0.231 e. The van der Waals surface area contributed by atoms with Gasteiger partial charge in [0.15, 0.2) is 0 Å². The Morgan fingerprint density at radius 3 is 3.00 bits per heavy atom. The van der Waals surface area contributed by atoms with Gasteiger partial charge in [-0.2, -0.15) is 0 Å². The first-order valence-electron chi connectivity index (χ1n) is 7.04. The van der Waals surface area contributed by atoms with Crippen LogP contribution in [-0.4, -0.2) is 29.2 Å². The van der Waals surface area contributed by atoms with Crippen molar-refractivity contribution < 1.29 is 14.6 Å². The van der Waals surface area contributed by atoms with Gasteiger partial charge in [-0.25, -0.2) is 4.98 Å². The fourth-order valence-corrected chi connectivity index (χ4v) is 3.08. The van der Waals surface area contributed by atoms with Gasteiger partial charge in [0.2, 0.25) is 11.8 Å². The van der Waals surface area contributed by atoms with Crippen LogP contribution in [0.1, 0.15) is 23.1 Å². The Kier molecular flexibility index (Phi) is 4.71. The molecular weight excluding hydrogens is 339 g/mol. The standard InChI is InChI=1S/C16H14Cl2N2O3/c17-9-3-4-11(13(18)6-9)14(7-21)20-15(22)12-8-23-16-10(12)2-1-5-19-16/h1-6,12,14,21H,7-8H2,(H,20,22)/t12-,14-/m1/s1. The number of halogens is 2. The van der Waals surface area contributed by atoms with Crippen molar-refractivity contribution in [1.82, 2.24) is 10.3 Å². The van der Waals surface area contributed by atoms with Crippen LogP contribution in [0.15, 0.2) is 36.5 Å². The highest BCUT2D eigenvalue weighted by Crippen LogP contribution is 2.32. The Labute approximate surface area is 143 Å². The summed E-state index contributed by atoms with van der Waals surface area (Å²) in [6, 6.07) is 7.87. The quantitative estimate of drug-likeness (QED) is 0.887. The van der Waals surface area contributed by atoms with Crippen molar-refractivity contribution in [3.63, 3.8) is 0 Å². The number of carbonyl (C=O) groups is 1. The van der Waals surface area contributed by atoms with Crippen LogP contribution in [0.3, 0.4) is 0 Å². The molecule has 2 N–H and O–H groups in total. The zero-order valence-corrected chi connectivity index (χ0v) is 13.5. The molecule has 120 valence electrons. The molecule has 3 rings (SSSR count). The average Bonchev–Trinajstić information content (AvgIpc) is 2.97. The predicted octanol–water partition coefficient (Wildman–Crippen LogP) is 2.71. The lowest BCUT2D eigenvalue weighted by Crippen LogP contribution is -2.35. The van der Waals surface area contributed by atoms with Crippen LogP contribution < -0.4 is 10.1 Å². The van der Waals surface area contributed by atoms with Gasteiger partial charge in [-0.1, -0.05) is 35.3 Å². The number of ether oxygens (including phenoxy) is 1.